The predicted molar refractivity (Wildman–Crippen MR) is 105 cm³/mol. The number of hydrogen-bond acceptors (Lipinski definition) is 7. The standard InChI is InChI=1S/C20H19N3O4S/c1-12-11-14(4-7-21-12)19(25)23-20-22-16(15-3-2-8-27-15)18(28-20)17(24)13-5-9-26-10-6-13/h2-4,7-8,11,13H,5-6,9-10H2,1H3,(H,22,23,25). The van der Waals surface area contributed by atoms with Gasteiger partial charge < -0.3 is 9.15 Å². The highest BCUT2D eigenvalue weighted by atomic mass is 32.1. The van der Waals surface area contributed by atoms with Crippen molar-refractivity contribution in [2.45, 2.75) is 19.8 Å². The predicted octanol–water partition coefficient (Wildman–Crippen LogP) is 3.97. The number of carbonyl (C=O) groups excluding carboxylic acids is 2. The molecule has 28 heavy (non-hydrogen) atoms. The van der Waals surface area contributed by atoms with Crippen molar-refractivity contribution in [3.63, 3.8) is 0 Å². The fourth-order valence-electron chi connectivity index (χ4n) is 3.12. The second-order valence-corrected chi connectivity index (χ2v) is 7.56. The third-order valence-corrected chi connectivity index (χ3v) is 5.56. The fourth-order valence-corrected chi connectivity index (χ4v) is 4.11. The highest BCUT2D eigenvalue weighted by Crippen LogP contribution is 2.35. The Labute approximate surface area is 165 Å². The van der Waals surface area contributed by atoms with Gasteiger partial charge in [-0.05, 0) is 44.0 Å². The molecule has 0 atom stereocenters. The maximum atomic E-state index is 13.1. The van der Waals surface area contributed by atoms with Crippen LogP contribution in [0, 0.1) is 12.8 Å². The topological polar surface area (TPSA) is 94.3 Å². The summed E-state index contributed by atoms with van der Waals surface area (Å²) < 4.78 is 10.8. The molecule has 1 amide bonds. The number of Topliss-reactive ketones (excluding diaryl/α,β-unsaturated/α-hetero) is 1. The van der Waals surface area contributed by atoms with Crippen LogP contribution in [0.2, 0.25) is 0 Å². The lowest BCUT2D eigenvalue weighted by Crippen LogP contribution is -2.23. The summed E-state index contributed by atoms with van der Waals surface area (Å²) in [5, 5.41) is 3.15. The molecular formula is C20H19N3O4S. The van der Waals surface area contributed by atoms with Crippen LogP contribution in [0.15, 0.2) is 41.1 Å². The normalized spacial score (nSPS) is 14.8. The van der Waals surface area contributed by atoms with Crippen LogP contribution in [0.3, 0.4) is 0 Å². The zero-order chi connectivity index (χ0) is 19.5. The second kappa shape index (κ2) is 8.04. The third-order valence-electron chi connectivity index (χ3n) is 4.58. The molecule has 0 aliphatic carbocycles. The number of hydrogen-bond donors (Lipinski definition) is 1. The van der Waals surface area contributed by atoms with Crippen molar-refractivity contribution in [1.29, 1.82) is 0 Å². The molecule has 4 rings (SSSR count). The van der Waals surface area contributed by atoms with Gasteiger partial charge in [0.15, 0.2) is 16.7 Å². The lowest BCUT2D eigenvalue weighted by molar-refractivity contribution is 0.0547. The number of furan rings is 1. The van der Waals surface area contributed by atoms with Gasteiger partial charge in [-0.1, -0.05) is 11.3 Å². The smallest absolute Gasteiger partial charge is 0.257 e. The Bertz CT molecular complexity index is 991. The molecule has 0 saturated carbocycles. The number of rotatable bonds is 5. The van der Waals surface area contributed by atoms with Crippen molar-refractivity contribution < 1.29 is 18.7 Å². The minimum atomic E-state index is -0.296. The Kier molecular flexibility index (Phi) is 5.31. The Balaban J connectivity index is 1.63. The number of ether oxygens (including phenoxy) is 1. The van der Waals surface area contributed by atoms with E-state index < -0.39 is 0 Å². The van der Waals surface area contributed by atoms with Crippen LogP contribution < -0.4 is 5.32 Å². The van der Waals surface area contributed by atoms with E-state index in [0.29, 0.717) is 53.1 Å². The molecule has 0 unspecified atom stereocenters. The van der Waals surface area contributed by atoms with Crippen molar-refractivity contribution in [2.24, 2.45) is 5.92 Å². The summed E-state index contributed by atoms with van der Waals surface area (Å²) in [6.45, 7) is 2.98. The Morgan fingerprint density at radius 3 is 2.79 bits per heavy atom. The van der Waals surface area contributed by atoms with Crippen molar-refractivity contribution in [2.75, 3.05) is 18.5 Å². The molecule has 1 saturated heterocycles. The molecule has 1 N–H and O–H groups in total. The first-order valence-electron chi connectivity index (χ1n) is 9.02. The number of aryl methyl sites for hydroxylation is 1. The summed E-state index contributed by atoms with van der Waals surface area (Å²) in [7, 11) is 0. The average Bonchev–Trinajstić information content (AvgIpc) is 3.38. The second-order valence-electron chi connectivity index (χ2n) is 6.56. The maximum absolute atomic E-state index is 13.1. The lowest BCUT2D eigenvalue weighted by Gasteiger charge is -2.20. The summed E-state index contributed by atoms with van der Waals surface area (Å²) in [6.07, 6.45) is 4.49. The van der Waals surface area contributed by atoms with Crippen molar-refractivity contribution in [1.82, 2.24) is 9.97 Å². The van der Waals surface area contributed by atoms with E-state index in [2.05, 4.69) is 15.3 Å². The van der Waals surface area contributed by atoms with E-state index in [9.17, 15) is 9.59 Å². The molecule has 0 bridgehead atoms. The van der Waals surface area contributed by atoms with Gasteiger partial charge in [-0.3, -0.25) is 19.9 Å². The Morgan fingerprint density at radius 2 is 2.07 bits per heavy atom. The summed E-state index contributed by atoms with van der Waals surface area (Å²) in [6, 6.07) is 6.84. The monoisotopic (exact) mass is 397 g/mol. The van der Waals surface area contributed by atoms with Crippen LogP contribution in [0.5, 0.6) is 0 Å². The molecule has 4 heterocycles. The van der Waals surface area contributed by atoms with E-state index in [0.717, 1.165) is 5.69 Å². The summed E-state index contributed by atoms with van der Waals surface area (Å²) in [4.78, 5) is 34.7. The summed E-state index contributed by atoms with van der Waals surface area (Å²) in [5.74, 6) is 0.129. The number of aromatic nitrogens is 2. The van der Waals surface area contributed by atoms with Gasteiger partial charge in [0.2, 0.25) is 0 Å². The average molecular weight is 397 g/mol. The van der Waals surface area contributed by atoms with Crippen LogP contribution in [0.25, 0.3) is 11.5 Å². The number of nitrogens with one attached hydrogen (secondary N) is 1. The first kappa shape index (κ1) is 18.5. The molecule has 3 aromatic rings. The van der Waals surface area contributed by atoms with Gasteiger partial charge in [0.25, 0.3) is 5.91 Å². The van der Waals surface area contributed by atoms with E-state index >= 15 is 0 Å². The molecule has 3 aromatic heterocycles. The van der Waals surface area contributed by atoms with Crippen LogP contribution >= 0.6 is 11.3 Å². The lowest BCUT2D eigenvalue weighted by atomic mass is 9.94. The van der Waals surface area contributed by atoms with Crippen LogP contribution in [0.4, 0.5) is 5.13 Å². The molecule has 144 valence electrons. The fraction of sp³-hybridized carbons (Fsp3) is 0.300. The van der Waals surface area contributed by atoms with E-state index in [1.54, 1.807) is 30.5 Å². The van der Waals surface area contributed by atoms with E-state index in [4.69, 9.17) is 9.15 Å². The number of ketones is 1. The number of nitrogens with zero attached hydrogens (tertiary/aromatic N) is 2. The van der Waals surface area contributed by atoms with E-state index in [1.165, 1.54) is 17.6 Å². The highest BCUT2D eigenvalue weighted by molar-refractivity contribution is 7.18. The summed E-state index contributed by atoms with van der Waals surface area (Å²) >= 11 is 1.18. The number of pyridine rings is 1. The molecule has 1 aliphatic heterocycles. The largest absolute Gasteiger partial charge is 0.463 e. The third kappa shape index (κ3) is 3.88. The molecule has 1 aliphatic rings. The molecule has 0 radical (unpaired) electrons. The van der Waals surface area contributed by atoms with Crippen molar-refractivity contribution in [3.8, 4) is 11.5 Å². The Hall–Kier alpha value is -2.84. The zero-order valence-electron chi connectivity index (χ0n) is 15.3. The molecule has 8 heteroatoms. The van der Waals surface area contributed by atoms with Gasteiger partial charge in [-0.25, -0.2) is 4.98 Å². The van der Waals surface area contributed by atoms with Gasteiger partial charge >= 0.3 is 0 Å². The molecule has 7 nitrogen and oxygen atoms in total. The van der Waals surface area contributed by atoms with Gasteiger partial charge in [-0.15, -0.1) is 0 Å². The van der Waals surface area contributed by atoms with E-state index in [1.807, 2.05) is 6.92 Å². The minimum absolute atomic E-state index is 0.0208. The minimum Gasteiger partial charge on any atom is -0.463 e. The van der Waals surface area contributed by atoms with E-state index in [-0.39, 0.29) is 17.6 Å². The van der Waals surface area contributed by atoms with Crippen LogP contribution in [0.1, 0.15) is 38.6 Å². The molecule has 0 spiro atoms. The maximum Gasteiger partial charge on any atom is 0.257 e. The number of carbonyl (C=O) groups is 2. The quantitative estimate of drug-likeness (QED) is 0.655. The van der Waals surface area contributed by atoms with Crippen molar-refractivity contribution in [3.05, 3.63) is 52.9 Å². The molecular weight excluding hydrogens is 378 g/mol. The Morgan fingerprint density at radius 1 is 1.25 bits per heavy atom. The van der Waals surface area contributed by atoms with Gasteiger partial charge in [0.1, 0.15) is 10.6 Å². The number of amides is 1. The first-order chi connectivity index (χ1) is 13.6. The van der Waals surface area contributed by atoms with Crippen LogP contribution in [-0.4, -0.2) is 34.9 Å². The number of anilines is 1. The van der Waals surface area contributed by atoms with Crippen molar-refractivity contribution >= 4 is 28.2 Å². The van der Waals surface area contributed by atoms with Gasteiger partial charge in [-0.2, -0.15) is 0 Å². The summed E-state index contributed by atoms with van der Waals surface area (Å²) in [5.41, 5.74) is 1.70. The SMILES string of the molecule is Cc1cc(C(=O)Nc2nc(-c3ccco3)c(C(=O)C3CCOCC3)s2)ccn1. The number of thiazole rings is 1. The zero-order valence-corrected chi connectivity index (χ0v) is 16.1. The van der Waals surface area contributed by atoms with Crippen LogP contribution in [-0.2, 0) is 4.74 Å². The van der Waals surface area contributed by atoms with Gasteiger partial charge in [0.05, 0.1) is 6.26 Å². The van der Waals surface area contributed by atoms with Gasteiger partial charge in [0, 0.05) is 36.6 Å². The molecule has 0 aromatic carbocycles. The molecule has 1 fully saturated rings. The highest BCUT2D eigenvalue weighted by Gasteiger charge is 2.29. The first-order valence-corrected chi connectivity index (χ1v) is 9.84.